The summed E-state index contributed by atoms with van der Waals surface area (Å²) in [7, 11) is -3.07. The molecule has 0 spiro atoms. The van der Waals surface area contributed by atoms with E-state index in [0.717, 1.165) is 38.6 Å². The van der Waals surface area contributed by atoms with Crippen molar-refractivity contribution in [2.75, 3.05) is 25.9 Å². The first-order valence-electron chi connectivity index (χ1n) is 6.96. The maximum absolute atomic E-state index is 11.8. The highest BCUT2D eigenvalue weighted by atomic mass is 32.2. The molecule has 0 aromatic carbocycles. The van der Waals surface area contributed by atoms with E-state index in [-0.39, 0.29) is 18.0 Å². The number of nitrogens with zero attached hydrogens (tertiary/aromatic N) is 1. The largest absolute Gasteiger partial charge is 0.355 e. The van der Waals surface area contributed by atoms with E-state index in [4.69, 9.17) is 0 Å². The lowest BCUT2D eigenvalue weighted by Gasteiger charge is -2.32. The third-order valence-corrected chi connectivity index (χ3v) is 5.20. The summed E-state index contributed by atoms with van der Waals surface area (Å²) in [6, 6.07) is 0.129. The molecule has 2 rings (SSSR count). The molecule has 0 bridgehead atoms. The first kappa shape index (κ1) is 14.7. The van der Waals surface area contributed by atoms with Crippen LogP contribution in [-0.4, -0.2) is 56.6 Å². The molecule has 2 N–H and O–H groups in total. The van der Waals surface area contributed by atoms with Crippen LogP contribution in [0.25, 0.3) is 0 Å². The highest BCUT2D eigenvalue weighted by Gasteiger charge is 2.28. The quantitative estimate of drug-likeness (QED) is 0.745. The van der Waals surface area contributed by atoms with Crippen molar-refractivity contribution >= 4 is 15.9 Å². The van der Waals surface area contributed by atoms with Gasteiger partial charge in [0.2, 0.25) is 15.9 Å². The fourth-order valence-electron chi connectivity index (χ4n) is 2.74. The van der Waals surface area contributed by atoms with Crippen molar-refractivity contribution in [3.63, 3.8) is 0 Å². The maximum atomic E-state index is 11.8. The summed E-state index contributed by atoms with van der Waals surface area (Å²) in [6.07, 6.45) is 5.76. The van der Waals surface area contributed by atoms with E-state index in [9.17, 15) is 13.2 Å². The number of nitrogens with one attached hydrogen (secondary N) is 2. The van der Waals surface area contributed by atoms with E-state index in [0.29, 0.717) is 13.1 Å². The molecule has 0 radical (unpaired) electrons. The van der Waals surface area contributed by atoms with Crippen molar-refractivity contribution in [2.24, 2.45) is 0 Å². The number of sulfonamides is 1. The zero-order valence-corrected chi connectivity index (χ0v) is 12.2. The van der Waals surface area contributed by atoms with Crippen molar-refractivity contribution in [1.29, 1.82) is 0 Å². The van der Waals surface area contributed by atoms with Gasteiger partial charge in [-0.05, 0) is 32.1 Å². The van der Waals surface area contributed by atoms with E-state index >= 15 is 0 Å². The molecule has 110 valence electrons. The number of rotatable bonds is 3. The highest BCUT2D eigenvalue weighted by Crippen LogP contribution is 2.15. The Labute approximate surface area is 115 Å². The average molecular weight is 289 g/mol. The lowest BCUT2D eigenvalue weighted by atomic mass is 10.0. The maximum Gasteiger partial charge on any atom is 0.237 e. The molecule has 6 nitrogen and oxygen atoms in total. The molecule has 2 heterocycles. The Morgan fingerprint density at radius 2 is 1.89 bits per heavy atom. The van der Waals surface area contributed by atoms with Gasteiger partial charge in [-0.25, -0.2) is 12.7 Å². The summed E-state index contributed by atoms with van der Waals surface area (Å²) < 4.78 is 24.4. The molecule has 7 heteroatoms. The molecule has 0 aromatic heterocycles. The standard InChI is InChI=1S/C12H23N3O3S/c1-19(17,18)15-8-5-10(6-9-15)14-11-4-2-3-7-13-12(11)16/h10-11,14H,2-9H2,1H3,(H,13,16). The molecule has 19 heavy (non-hydrogen) atoms. The van der Waals surface area contributed by atoms with Gasteiger partial charge in [0.15, 0.2) is 0 Å². The predicted octanol–water partition coefficient (Wildman–Crippen LogP) is -0.331. The minimum atomic E-state index is -3.07. The van der Waals surface area contributed by atoms with Crippen molar-refractivity contribution in [2.45, 2.75) is 44.2 Å². The highest BCUT2D eigenvalue weighted by molar-refractivity contribution is 7.88. The Morgan fingerprint density at radius 1 is 1.21 bits per heavy atom. The smallest absolute Gasteiger partial charge is 0.237 e. The number of hydrogen-bond acceptors (Lipinski definition) is 4. The zero-order valence-electron chi connectivity index (χ0n) is 11.4. The van der Waals surface area contributed by atoms with Gasteiger partial charge in [-0.3, -0.25) is 4.79 Å². The van der Waals surface area contributed by atoms with Gasteiger partial charge in [0.1, 0.15) is 0 Å². The Kier molecular flexibility index (Phi) is 4.81. The number of hydrogen-bond donors (Lipinski definition) is 2. The second-order valence-electron chi connectivity index (χ2n) is 5.44. The molecule has 2 aliphatic rings. The summed E-state index contributed by atoms with van der Waals surface area (Å²) in [5, 5.41) is 6.30. The van der Waals surface area contributed by atoms with Crippen LogP contribution in [0.15, 0.2) is 0 Å². The molecular formula is C12H23N3O3S. The lowest BCUT2D eigenvalue weighted by molar-refractivity contribution is -0.123. The molecule has 2 fully saturated rings. The molecule has 0 saturated carbocycles. The van der Waals surface area contributed by atoms with E-state index in [1.165, 1.54) is 10.6 Å². The molecule has 2 saturated heterocycles. The Balaban J connectivity index is 1.83. The minimum absolute atomic E-state index is 0.0862. The number of carbonyl (C=O) groups is 1. The molecule has 0 aromatic rings. The van der Waals surface area contributed by atoms with Gasteiger partial charge < -0.3 is 10.6 Å². The fraction of sp³-hybridized carbons (Fsp3) is 0.917. The van der Waals surface area contributed by atoms with Gasteiger partial charge >= 0.3 is 0 Å². The summed E-state index contributed by atoms with van der Waals surface area (Å²) in [5.41, 5.74) is 0. The SMILES string of the molecule is CS(=O)(=O)N1CCC(NC2CCCCNC2=O)CC1. The number of carbonyl (C=O) groups excluding carboxylic acids is 1. The molecular weight excluding hydrogens is 266 g/mol. The summed E-state index contributed by atoms with van der Waals surface area (Å²) in [6.45, 7) is 1.86. The fourth-order valence-corrected chi connectivity index (χ4v) is 3.61. The van der Waals surface area contributed by atoms with E-state index < -0.39 is 10.0 Å². The van der Waals surface area contributed by atoms with Crippen LogP contribution in [0.1, 0.15) is 32.1 Å². The van der Waals surface area contributed by atoms with Gasteiger partial charge in [0, 0.05) is 25.7 Å². The van der Waals surface area contributed by atoms with Gasteiger partial charge in [-0.15, -0.1) is 0 Å². The van der Waals surface area contributed by atoms with Crippen molar-refractivity contribution < 1.29 is 13.2 Å². The van der Waals surface area contributed by atoms with E-state index in [1.54, 1.807) is 0 Å². The Hall–Kier alpha value is -0.660. The lowest BCUT2D eigenvalue weighted by Crippen LogP contribution is -2.51. The average Bonchev–Trinajstić information content (AvgIpc) is 2.55. The first-order chi connectivity index (χ1) is 8.97. The number of amides is 1. The molecule has 1 unspecified atom stereocenters. The summed E-state index contributed by atoms with van der Waals surface area (Å²) in [5.74, 6) is 0.0862. The minimum Gasteiger partial charge on any atom is -0.355 e. The van der Waals surface area contributed by atoms with Crippen molar-refractivity contribution in [3.05, 3.63) is 0 Å². The molecule has 0 aliphatic carbocycles. The summed E-state index contributed by atoms with van der Waals surface area (Å²) >= 11 is 0. The first-order valence-corrected chi connectivity index (χ1v) is 8.80. The van der Waals surface area contributed by atoms with Crippen molar-refractivity contribution in [1.82, 2.24) is 14.9 Å². The summed E-state index contributed by atoms with van der Waals surface area (Å²) in [4.78, 5) is 11.8. The van der Waals surface area contributed by atoms with Gasteiger partial charge in [0.25, 0.3) is 0 Å². The number of piperidine rings is 1. The van der Waals surface area contributed by atoms with Crippen LogP contribution >= 0.6 is 0 Å². The Bertz CT molecular complexity index is 416. The second kappa shape index (κ2) is 6.19. The van der Waals surface area contributed by atoms with E-state index in [1.807, 2.05) is 0 Å². The predicted molar refractivity (Wildman–Crippen MR) is 73.2 cm³/mol. The normalized spacial score (nSPS) is 27.8. The van der Waals surface area contributed by atoms with Gasteiger partial charge in [-0.2, -0.15) is 0 Å². The molecule has 2 aliphatic heterocycles. The van der Waals surface area contributed by atoms with E-state index in [2.05, 4.69) is 10.6 Å². The van der Waals surface area contributed by atoms with Crippen LogP contribution in [0.4, 0.5) is 0 Å². The van der Waals surface area contributed by atoms with Gasteiger partial charge in [-0.1, -0.05) is 0 Å². The van der Waals surface area contributed by atoms with Crippen LogP contribution in [0.2, 0.25) is 0 Å². The monoisotopic (exact) mass is 289 g/mol. The second-order valence-corrected chi connectivity index (χ2v) is 7.42. The van der Waals surface area contributed by atoms with Crippen LogP contribution in [0.5, 0.6) is 0 Å². The molecule has 1 atom stereocenters. The van der Waals surface area contributed by atoms with Crippen molar-refractivity contribution in [3.8, 4) is 0 Å². The van der Waals surface area contributed by atoms with Crippen LogP contribution in [-0.2, 0) is 14.8 Å². The van der Waals surface area contributed by atoms with Gasteiger partial charge in [0.05, 0.1) is 12.3 Å². The third kappa shape index (κ3) is 4.15. The third-order valence-electron chi connectivity index (χ3n) is 3.90. The van der Waals surface area contributed by atoms with Crippen LogP contribution < -0.4 is 10.6 Å². The zero-order chi connectivity index (χ0) is 13.9. The Morgan fingerprint density at radius 3 is 2.53 bits per heavy atom. The van der Waals surface area contributed by atoms with Crippen LogP contribution in [0, 0.1) is 0 Å². The topological polar surface area (TPSA) is 78.5 Å². The molecule has 1 amide bonds. The van der Waals surface area contributed by atoms with Crippen LogP contribution in [0.3, 0.4) is 0 Å².